The molecule has 0 saturated heterocycles. The fraction of sp³-hybridized carbons (Fsp3) is 0.357. The largest absolute Gasteiger partial charge is 0.345 e. The summed E-state index contributed by atoms with van der Waals surface area (Å²) in [5.41, 5.74) is 2.74. The molecule has 0 heterocycles. The second kappa shape index (κ2) is 14.5. The molecule has 38 heavy (non-hydrogen) atoms. The lowest BCUT2D eigenvalue weighted by molar-refractivity contribution is -0.140. The maximum absolute atomic E-state index is 13.2. The number of rotatable bonds is 10. The van der Waals surface area contributed by atoms with Crippen LogP contribution in [0.2, 0.25) is 0 Å². The molecule has 2 aromatic carbocycles. The minimum atomic E-state index is -1.83. The van der Waals surface area contributed by atoms with Crippen LogP contribution in [0.4, 0.5) is 4.79 Å². The van der Waals surface area contributed by atoms with E-state index in [9.17, 15) is 19.2 Å². The lowest BCUT2D eigenvalue weighted by Crippen LogP contribution is -2.63. The van der Waals surface area contributed by atoms with Crippen molar-refractivity contribution in [3.63, 3.8) is 0 Å². The highest BCUT2D eigenvalue weighted by molar-refractivity contribution is 9.10. The molecule has 3 radical (unpaired) electrons. The summed E-state index contributed by atoms with van der Waals surface area (Å²) in [7, 11) is 3.32. The topological polar surface area (TPSA) is 116 Å². The Hall–Kier alpha value is -3.42. The number of urea groups is 1. The first kappa shape index (κ1) is 30.8. The average Bonchev–Trinajstić information content (AvgIpc) is 2.89. The molecule has 0 aromatic heterocycles. The highest BCUT2D eigenvalue weighted by atomic mass is 79.9. The quantitative estimate of drug-likeness (QED) is 0.192. The zero-order chi connectivity index (χ0) is 28.3. The number of hydrogen-bond donors (Lipinski definition) is 4. The number of benzene rings is 2. The number of Topliss-reactive ketones (excluding diaryl/α,β-unsaturated/α-hetero) is 1. The second-order valence-electron chi connectivity index (χ2n) is 9.03. The SMILES string of the molecule is CCC(NC(=O)[C@@]([Si])(C#CC(C)C)NC(=O)NCc1ccccc1)C(=O)C(=O)NCc1ccc(C)c(Br)c1. The zero-order valence-electron chi connectivity index (χ0n) is 21.9. The van der Waals surface area contributed by atoms with Crippen molar-refractivity contribution in [1.82, 2.24) is 21.3 Å². The van der Waals surface area contributed by atoms with E-state index >= 15 is 0 Å². The molecule has 0 fully saturated rings. The Morgan fingerprint density at radius 3 is 2.26 bits per heavy atom. The summed E-state index contributed by atoms with van der Waals surface area (Å²) in [5.74, 6) is 3.12. The highest BCUT2D eigenvalue weighted by Gasteiger charge is 2.36. The van der Waals surface area contributed by atoms with Crippen LogP contribution < -0.4 is 21.3 Å². The van der Waals surface area contributed by atoms with Gasteiger partial charge in [0, 0.05) is 23.5 Å². The molecule has 2 atom stereocenters. The van der Waals surface area contributed by atoms with Crippen LogP contribution in [0.15, 0.2) is 53.0 Å². The van der Waals surface area contributed by atoms with Crippen LogP contribution in [-0.2, 0) is 27.5 Å². The first-order chi connectivity index (χ1) is 17.9. The van der Waals surface area contributed by atoms with E-state index in [1.54, 1.807) is 6.92 Å². The zero-order valence-corrected chi connectivity index (χ0v) is 24.5. The van der Waals surface area contributed by atoms with Gasteiger partial charge in [-0.25, -0.2) is 4.79 Å². The summed E-state index contributed by atoms with van der Waals surface area (Å²) in [6, 6.07) is 13.1. The van der Waals surface area contributed by atoms with Crippen molar-refractivity contribution >= 4 is 49.8 Å². The summed E-state index contributed by atoms with van der Waals surface area (Å²) in [6.07, 6.45) is 0.161. The Morgan fingerprint density at radius 1 is 1.00 bits per heavy atom. The summed E-state index contributed by atoms with van der Waals surface area (Å²) < 4.78 is 0.894. The van der Waals surface area contributed by atoms with Crippen molar-refractivity contribution in [2.75, 3.05) is 0 Å². The summed E-state index contributed by atoms with van der Waals surface area (Å²) in [6.45, 7) is 7.68. The van der Waals surface area contributed by atoms with Gasteiger partial charge in [-0.2, -0.15) is 0 Å². The van der Waals surface area contributed by atoms with E-state index in [1.807, 2.05) is 69.3 Å². The van der Waals surface area contributed by atoms with Gasteiger partial charge in [-0.3, -0.25) is 14.4 Å². The molecule has 199 valence electrons. The average molecular weight is 597 g/mol. The van der Waals surface area contributed by atoms with Crippen molar-refractivity contribution in [2.24, 2.45) is 5.92 Å². The van der Waals surface area contributed by atoms with Crippen LogP contribution in [0.1, 0.15) is 43.9 Å². The van der Waals surface area contributed by atoms with Gasteiger partial charge in [-0.1, -0.05) is 91.0 Å². The fourth-order valence-corrected chi connectivity index (χ4v) is 3.87. The lowest BCUT2D eigenvalue weighted by atomic mass is 10.1. The molecular formula is C28H32BrN4O4Si. The number of amides is 4. The molecule has 0 spiro atoms. The Morgan fingerprint density at radius 2 is 1.66 bits per heavy atom. The normalized spacial score (nSPS) is 12.8. The number of carbonyl (C=O) groups is 4. The molecule has 0 saturated carbocycles. The third kappa shape index (κ3) is 9.47. The van der Waals surface area contributed by atoms with Crippen molar-refractivity contribution in [1.29, 1.82) is 0 Å². The lowest BCUT2D eigenvalue weighted by Gasteiger charge is -2.27. The molecule has 0 aliphatic carbocycles. The maximum Gasteiger partial charge on any atom is 0.316 e. The molecule has 8 nitrogen and oxygen atoms in total. The third-order valence-corrected chi connectivity index (χ3v) is 6.76. The molecule has 2 aromatic rings. The first-order valence-corrected chi connectivity index (χ1v) is 13.5. The third-order valence-electron chi connectivity index (χ3n) is 5.43. The van der Waals surface area contributed by atoms with Crippen molar-refractivity contribution < 1.29 is 19.2 Å². The standard InChI is InChI=1S/C28H32BrN4O4Si/c1-5-23(24(34)25(35)30-17-21-12-11-19(4)22(29)15-21)32-26(36)28(38,14-13-18(2)3)33-27(37)31-16-20-9-7-6-8-10-20/h6-12,15,18,23H,5,16-17H2,1-4H3,(H,30,35)(H,32,36)(H2,31,33,37)/t23?,28-/m0/s1. The van der Waals surface area contributed by atoms with E-state index in [0.29, 0.717) is 0 Å². The molecule has 1 unspecified atom stereocenters. The summed E-state index contributed by atoms with van der Waals surface area (Å²) in [5, 5.41) is 8.54. The van der Waals surface area contributed by atoms with Crippen molar-refractivity contribution in [3.05, 3.63) is 69.7 Å². The van der Waals surface area contributed by atoms with E-state index in [0.717, 1.165) is 21.2 Å². The van der Waals surface area contributed by atoms with Gasteiger partial charge in [-0.05, 0) is 36.1 Å². The van der Waals surface area contributed by atoms with Crippen molar-refractivity contribution in [3.8, 4) is 11.8 Å². The number of ketones is 1. The van der Waals surface area contributed by atoms with Gasteiger partial charge in [0.25, 0.3) is 11.8 Å². The predicted molar refractivity (Wildman–Crippen MR) is 151 cm³/mol. The minimum absolute atomic E-state index is 0.0936. The smallest absolute Gasteiger partial charge is 0.316 e. The van der Waals surface area contributed by atoms with E-state index in [4.69, 9.17) is 0 Å². The molecule has 0 aliphatic rings. The monoisotopic (exact) mass is 595 g/mol. The van der Waals surface area contributed by atoms with Gasteiger partial charge in [0.15, 0.2) is 5.16 Å². The van der Waals surface area contributed by atoms with Gasteiger partial charge in [0.2, 0.25) is 5.78 Å². The van der Waals surface area contributed by atoms with Crippen LogP contribution in [0.25, 0.3) is 0 Å². The van der Waals surface area contributed by atoms with E-state index < -0.39 is 34.8 Å². The van der Waals surface area contributed by atoms with Crippen LogP contribution in [0.3, 0.4) is 0 Å². The maximum atomic E-state index is 13.2. The number of carbonyl (C=O) groups excluding carboxylic acids is 4. The second-order valence-corrected chi connectivity index (χ2v) is 10.6. The van der Waals surface area contributed by atoms with Crippen LogP contribution in [0, 0.1) is 24.7 Å². The van der Waals surface area contributed by atoms with Gasteiger partial charge < -0.3 is 21.3 Å². The molecule has 0 aliphatic heterocycles. The number of hydrogen-bond acceptors (Lipinski definition) is 4. The van der Waals surface area contributed by atoms with E-state index in [-0.39, 0.29) is 25.4 Å². The molecule has 10 heteroatoms. The van der Waals surface area contributed by atoms with Crippen LogP contribution in [-0.4, -0.2) is 45.1 Å². The minimum Gasteiger partial charge on any atom is -0.345 e. The van der Waals surface area contributed by atoms with Gasteiger partial charge in [-0.15, -0.1) is 0 Å². The van der Waals surface area contributed by atoms with E-state index in [1.165, 1.54) is 0 Å². The first-order valence-electron chi connectivity index (χ1n) is 12.2. The highest BCUT2D eigenvalue weighted by Crippen LogP contribution is 2.17. The fourth-order valence-electron chi connectivity index (χ4n) is 3.18. The van der Waals surface area contributed by atoms with Gasteiger partial charge in [0.05, 0.1) is 16.3 Å². The van der Waals surface area contributed by atoms with Crippen LogP contribution in [0.5, 0.6) is 0 Å². The molecule has 0 bridgehead atoms. The molecule has 4 amide bonds. The number of nitrogens with one attached hydrogen (secondary N) is 4. The van der Waals surface area contributed by atoms with Crippen molar-refractivity contribution in [2.45, 2.75) is 58.4 Å². The summed E-state index contributed by atoms with van der Waals surface area (Å²) >= 11 is 3.44. The summed E-state index contributed by atoms with van der Waals surface area (Å²) in [4.78, 5) is 51.3. The van der Waals surface area contributed by atoms with Crippen LogP contribution >= 0.6 is 15.9 Å². The van der Waals surface area contributed by atoms with E-state index in [2.05, 4.69) is 59.3 Å². The molecule has 4 N–H and O–H groups in total. The van der Waals surface area contributed by atoms with Gasteiger partial charge in [0.1, 0.15) is 0 Å². The predicted octanol–water partition coefficient (Wildman–Crippen LogP) is 2.86. The number of halogens is 1. The Balaban J connectivity index is 2.07. The Kier molecular flexibility index (Phi) is 11.8. The molecular weight excluding hydrogens is 564 g/mol. The Labute approximate surface area is 235 Å². The van der Waals surface area contributed by atoms with Gasteiger partial charge >= 0.3 is 6.03 Å². The number of aryl methyl sites for hydroxylation is 1. The molecule has 2 rings (SSSR count). The Bertz CT molecular complexity index is 1230.